The van der Waals surface area contributed by atoms with E-state index in [0.717, 1.165) is 17.7 Å². The number of halogens is 5. The monoisotopic (exact) mass is 458 g/mol. The minimum absolute atomic E-state index is 0.0541. The van der Waals surface area contributed by atoms with E-state index in [0.29, 0.717) is 27.7 Å². The van der Waals surface area contributed by atoms with Crippen molar-refractivity contribution in [1.82, 2.24) is 4.90 Å². The molecule has 0 aliphatic carbocycles. The van der Waals surface area contributed by atoms with Gasteiger partial charge in [0.1, 0.15) is 0 Å². The second-order valence-corrected chi connectivity index (χ2v) is 7.74. The van der Waals surface area contributed by atoms with Gasteiger partial charge in [-0.25, -0.2) is 0 Å². The van der Waals surface area contributed by atoms with Crippen molar-refractivity contribution >= 4 is 34.8 Å². The average molecular weight is 459 g/mol. The van der Waals surface area contributed by atoms with Crippen molar-refractivity contribution in [2.75, 3.05) is 6.54 Å². The predicted octanol–water partition coefficient (Wildman–Crippen LogP) is 5.94. The van der Waals surface area contributed by atoms with Crippen LogP contribution in [0.5, 0.6) is 0 Å². The van der Waals surface area contributed by atoms with E-state index in [1.807, 2.05) is 0 Å². The summed E-state index contributed by atoms with van der Waals surface area (Å²) in [5.41, 5.74) is 1.08. The van der Waals surface area contributed by atoms with Crippen LogP contribution in [0.15, 0.2) is 47.6 Å². The van der Waals surface area contributed by atoms with Crippen LogP contribution in [0.2, 0.25) is 10.0 Å². The first-order chi connectivity index (χ1) is 14.2. The molecule has 0 saturated heterocycles. The maximum atomic E-state index is 13.0. The van der Waals surface area contributed by atoms with Gasteiger partial charge in [-0.2, -0.15) is 13.2 Å². The highest BCUT2D eigenvalue weighted by Crippen LogP contribution is 2.30. The van der Waals surface area contributed by atoms with Gasteiger partial charge in [0, 0.05) is 24.9 Å². The van der Waals surface area contributed by atoms with Gasteiger partial charge in [0.05, 0.1) is 27.9 Å². The smallest absolute Gasteiger partial charge is 0.390 e. The summed E-state index contributed by atoms with van der Waals surface area (Å²) >= 11 is 12.0. The fourth-order valence-electron chi connectivity index (χ4n) is 3.16. The number of benzene rings is 2. The normalized spacial score (nSPS) is 16.2. The minimum Gasteiger partial charge on any atom is -0.390 e. The van der Waals surface area contributed by atoms with Gasteiger partial charge in [-0.05, 0) is 29.8 Å². The number of nitrogens with zero attached hydrogens (tertiary/aromatic N) is 2. The van der Waals surface area contributed by atoms with E-state index >= 15 is 0 Å². The zero-order valence-electron chi connectivity index (χ0n) is 16.0. The van der Waals surface area contributed by atoms with Crippen LogP contribution in [0, 0.1) is 0 Å². The number of carbonyl (C=O) groups excluding carboxylic acids is 1. The Kier molecular flexibility index (Phi) is 6.93. The zero-order valence-corrected chi connectivity index (χ0v) is 17.6. The van der Waals surface area contributed by atoms with Crippen molar-refractivity contribution in [3.63, 3.8) is 0 Å². The number of carbonyl (C=O) groups is 1. The number of alkyl halides is 3. The molecule has 0 unspecified atom stereocenters. The topological polar surface area (TPSA) is 41.9 Å². The Labute approximate surface area is 182 Å². The van der Waals surface area contributed by atoms with E-state index in [1.165, 1.54) is 11.0 Å². The molecule has 2 aromatic carbocycles. The van der Waals surface area contributed by atoms with Crippen LogP contribution < -0.4 is 0 Å². The molecule has 1 heterocycles. The van der Waals surface area contributed by atoms with Gasteiger partial charge < -0.3 is 9.74 Å². The number of amides is 1. The van der Waals surface area contributed by atoms with Gasteiger partial charge in [0.15, 0.2) is 6.10 Å². The largest absolute Gasteiger partial charge is 0.416 e. The van der Waals surface area contributed by atoms with E-state index in [-0.39, 0.29) is 25.4 Å². The first-order valence-corrected chi connectivity index (χ1v) is 10.0. The molecule has 4 nitrogen and oxygen atoms in total. The summed E-state index contributed by atoms with van der Waals surface area (Å²) < 4.78 is 38.9. The second kappa shape index (κ2) is 9.27. The predicted molar refractivity (Wildman–Crippen MR) is 110 cm³/mol. The molecule has 0 saturated carbocycles. The van der Waals surface area contributed by atoms with Gasteiger partial charge in [0.25, 0.3) is 0 Å². The number of hydrogen-bond acceptors (Lipinski definition) is 3. The molecule has 3 rings (SSSR count). The van der Waals surface area contributed by atoms with E-state index in [9.17, 15) is 18.0 Å². The molecule has 0 aromatic heterocycles. The van der Waals surface area contributed by atoms with Crippen LogP contribution in [-0.4, -0.2) is 29.2 Å². The SMILES string of the molecule is CCC(=O)N(Cc1cccc(C(F)(F)F)c1)C[C@H]1CC(c2ccc(Cl)c(Cl)c2)=NO1. The summed E-state index contributed by atoms with van der Waals surface area (Å²) in [6, 6.07) is 10.1. The average Bonchev–Trinajstić information content (AvgIpc) is 3.17. The number of hydrogen-bond donors (Lipinski definition) is 0. The lowest BCUT2D eigenvalue weighted by atomic mass is 10.0. The van der Waals surface area contributed by atoms with Crippen LogP contribution in [0.4, 0.5) is 13.2 Å². The highest BCUT2D eigenvalue weighted by molar-refractivity contribution is 6.42. The summed E-state index contributed by atoms with van der Waals surface area (Å²) in [7, 11) is 0. The summed E-state index contributed by atoms with van der Waals surface area (Å²) in [5.74, 6) is -0.181. The molecule has 0 radical (unpaired) electrons. The van der Waals surface area contributed by atoms with E-state index in [4.69, 9.17) is 28.0 Å². The van der Waals surface area contributed by atoms with Crippen LogP contribution in [0.3, 0.4) is 0 Å². The summed E-state index contributed by atoms with van der Waals surface area (Å²) in [6.07, 6.45) is -4.18. The fourth-order valence-corrected chi connectivity index (χ4v) is 3.46. The van der Waals surface area contributed by atoms with Gasteiger partial charge in [0.2, 0.25) is 5.91 Å². The third kappa shape index (κ3) is 5.46. The summed E-state index contributed by atoms with van der Waals surface area (Å²) in [6.45, 7) is 1.96. The maximum absolute atomic E-state index is 13.0. The van der Waals surface area contributed by atoms with E-state index in [1.54, 1.807) is 31.2 Å². The second-order valence-electron chi connectivity index (χ2n) is 6.92. The molecular formula is C21H19Cl2F3N2O2. The molecule has 1 amide bonds. The lowest BCUT2D eigenvalue weighted by molar-refractivity contribution is -0.137. The first-order valence-electron chi connectivity index (χ1n) is 9.29. The molecule has 0 spiro atoms. The van der Waals surface area contributed by atoms with Gasteiger partial charge in [-0.15, -0.1) is 0 Å². The van der Waals surface area contributed by atoms with Crippen molar-refractivity contribution in [3.8, 4) is 0 Å². The molecule has 160 valence electrons. The van der Waals surface area contributed by atoms with Crippen molar-refractivity contribution in [3.05, 3.63) is 69.2 Å². The van der Waals surface area contributed by atoms with Crippen molar-refractivity contribution in [1.29, 1.82) is 0 Å². The Hall–Kier alpha value is -2.25. The lowest BCUT2D eigenvalue weighted by Gasteiger charge is -2.25. The fraction of sp³-hybridized carbons (Fsp3) is 0.333. The molecule has 30 heavy (non-hydrogen) atoms. The number of oxime groups is 1. The van der Waals surface area contributed by atoms with Crippen LogP contribution >= 0.6 is 23.2 Å². The van der Waals surface area contributed by atoms with Crippen LogP contribution in [0.25, 0.3) is 0 Å². The molecule has 2 aromatic rings. The molecular weight excluding hydrogens is 440 g/mol. The van der Waals surface area contributed by atoms with E-state index < -0.39 is 17.8 Å². The molecule has 9 heteroatoms. The maximum Gasteiger partial charge on any atom is 0.416 e. The highest BCUT2D eigenvalue weighted by Gasteiger charge is 2.31. The third-order valence-corrected chi connectivity index (χ3v) is 5.43. The van der Waals surface area contributed by atoms with Crippen LogP contribution in [-0.2, 0) is 22.4 Å². The third-order valence-electron chi connectivity index (χ3n) is 4.69. The van der Waals surface area contributed by atoms with Gasteiger partial charge in [-0.3, -0.25) is 4.79 Å². The Morgan fingerprint density at radius 1 is 1.20 bits per heavy atom. The molecule has 0 fully saturated rings. The Morgan fingerprint density at radius 3 is 2.63 bits per heavy atom. The lowest BCUT2D eigenvalue weighted by Crippen LogP contribution is -2.37. The van der Waals surface area contributed by atoms with Gasteiger partial charge >= 0.3 is 6.18 Å². The van der Waals surface area contributed by atoms with Gasteiger partial charge in [-0.1, -0.05) is 53.5 Å². The summed E-state index contributed by atoms with van der Waals surface area (Å²) in [5, 5.41) is 4.90. The molecule has 0 N–H and O–H groups in total. The standard InChI is InChI=1S/C21H19Cl2F3N2O2/c1-2-20(29)28(11-13-4-3-5-15(8-13)21(24,25)26)12-16-10-19(27-30-16)14-6-7-17(22)18(23)9-14/h3-9,16H,2,10-12H2,1H3/t16-/m1/s1. The van der Waals surface area contributed by atoms with Crippen molar-refractivity contribution in [2.45, 2.75) is 38.6 Å². The highest BCUT2D eigenvalue weighted by atomic mass is 35.5. The zero-order chi connectivity index (χ0) is 21.9. The Balaban J connectivity index is 1.69. The molecule has 1 atom stereocenters. The molecule has 1 aliphatic rings. The Bertz CT molecular complexity index is 964. The number of rotatable bonds is 6. The van der Waals surface area contributed by atoms with Crippen molar-refractivity contribution in [2.24, 2.45) is 5.16 Å². The minimum atomic E-state index is -4.44. The quantitative estimate of drug-likeness (QED) is 0.536. The first kappa shape index (κ1) is 22.4. The van der Waals surface area contributed by atoms with E-state index in [2.05, 4.69) is 5.16 Å². The Morgan fingerprint density at radius 2 is 1.97 bits per heavy atom. The molecule has 1 aliphatic heterocycles. The van der Waals surface area contributed by atoms with Crippen LogP contribution in [0.1, 0.15) is 36.5 Å². The summed E-state index contributed by atoms with van der Waals surface area (Å²) in [4.78, 5) is 19.4. The van der Waals surface area contributed by atoms with Crippen molar-refractivity contribution < 1.29 is 22.8 Å². The molecule has 0 bridgehead atoms.